The molecule has 0 saturated carbocycles. The van der Waals surface area contributed by atoms with E-state index in [1.54, 1.807) is 30.3 Å². The third-order valence-corrected chi connectivity index (χ3v) is 14.0. The standard InChI is InChI=1S/C15H24.2C11H16.C10H14.C9H6N2.C9H12.C8H10.C7H7F/c1-11-8-12(14(2,3)4)10-13(9-11)15(5,6)7;1-9-5-7-10(8-6-9)11(2,3)4;1-9-7-5-6-8-10(9)11(2,3)4;1-7-5-8(2)10(4)9(3)6-7;1-7-3-8(6-10)5-9(4-7)11-2;1-7-4-5-8(2)9(3)6-7;1-2-8-6-4-3-5-7-8;1-6-2-4-7(8)5-3-6/h8-10H,1-7H3;2*5-8H,1-4H3;5-6H,1-4H3;3-5H,1H3;4-6H,1-3H3;3-7H,2H2,1H3;2-5H,1H3. The van der Waals surface area contributed by atoms with Crippen molar-refractivity contribution in [3.63, 3.8) is 0 Å². The zero-order valence-corrected chi connectivity index (χ0v) is 56.1. The Hall–Kier alpha value is -7.33. The first kappa shape index (κ1) is 73.7. The van der Waals surface area contributed by atoms with Crippen molar-refractivity contribution in [2.24, 2.45) is 0 Å². The van der Waals surface area contributed by atoms with Crippen LogP contribution in [0.4, 0.5) is 10.1 Å². The van der Waals surface area contributed by atoms with Crippen molar-refractivity contribution in [2.45, 2.75) is 201 Å². The smallest absolute Gasteiger partial charge is 0.188 e. The minimum atomic E-state index is -0.171. The average Bonchev–Trinajstić information content (AvgIpc) is 3.46. The predicted molar refractivity (Wildman–Crippen MR) is 363 cm³/mol. The number of hydrogen-bond acceptors (Lipinski definition) is 1. The fourth-order valence-corrected chi connectivity index (χ4v) is 8.40. The number of hydrogen-bond donors (Lipinski definition) is 0. The van der Waals surface area contributed by atoms with Crippen LogP contribution in [0.3, 0.4) is 0 Å². The largest absolute Gasteiger partial charge is 0.238 e. The lowest BCUT2D eigenvalue weighted by Gasteiger charge is -2.25. The van der Waals surface area contributed by atoms with Crippen molar-refractivity contribution in [3.05, 3.63) is 287 Å². The van der Waals surface area contributed by atoms with Gasteiger partial charge in [-0.1, -0.05) is 269 Å². The van der Waals surface area contributed by atoms with Gasteiger partial charge in [-0.15, -0.1) is 0 Å². The normalized spacial score (nSPS) is 10.6. The molecule has 0 N–H and O–H groups in total. The van der Waals surface area contributed by atoms with Gasteiger partial charge in [0.15, 0.2) is 5.69 Å². The van der Waals surface area contributed by atoms with Crippen LogP contribution in [0.5, 0.6) is 0 Å². The first-order valence-electron chi connectivity index (χ1n) is 29.4. The van der Waals surface area contributed by atoms with Crippen molar-refractivity contribution in [3.8, 4) is 6.07 Å². The van der Waals surface area contributed by atoms with Crippen LogP contribution in [-0.4, -0.2) is 0 Å². The predicted octanol–water partition coefficient (Wildman–Crippen LogP) is 23.5. The second-order valence-corrected chi connectivity index (χ2v) is 26.3. The topological polar surface area (TPSA) is 28.1 Å². The number of nitrogens with zero attached hydrogens (tertiary/aromatic N) is 2. The third kappa shape index (κ3) is 30.0. The molecule has 0 radical (unpaired) electrons. The molecular formula is C80H105FN2. The molecule has 0 heterocycles. The number of nitriles is 1. The van der Waals surface area contributed by atoms with E-state index in [1.807, 2.05) is 26.0 Å². The number of benzene rings is 8. The van der Waals surface area contributed by atoms with E-state index < -0.39 is 0 Å². The Morgan fingerprint density at radius 1 is 0.386 bits per heavy atom. The highest BCUT2D eigenvalue weighted by molar-refractivity contribution is 5.52. The molecule has 0 spiro atoms. The van der Waals surface area contributed by atoms with Gasteiger partial charge < -0.3 is 0 Å². The zero-order chi connectivity index (χ0) is 63.5. The molecular weight excluding hydrogens is 1010 g/mol. The number of aryl methyl sites for hydroxylation is 12. The summed E-state index contributed by atoms with van der Waals surface area (Å²) in [5, 5.41) is 8.53. The van der Waals surface area contributed by atoms with Crippen LogP contribution < -0.4 is 0 Å². The highest BCUT2D eigenvalue weighted by atomic mass is 19.1. The highest BCUT2D eigenvalue weighted by Crippen LogP contribution is 2.30. The van der Waals surface area contributed by atoms with Gasteiger partial charge in [-0.25, -0.2) is 9.24 Å². The van der Waals surface area contributed by atoms with E-state index in [9.17, 15) is 4.39 Å². The van der Waals surface area contributed by atoms with E-state index in [1.165, 1.54) is 95.6 Å². The molecule has 0 atom stereocenters. The summed E-state index contributed by atoms with van der Waals surface area (Å²) < 4.78 is 12.1. The van der Waals surface area contributed by atoms with Gasteiger partial charge in [-0.05, 0) is 197 Å². The van der Waals surface area contributed by atoms with Crippen molar-refractivity contribution >= 4 is 5.69 Å². The summed E-state index contributed by atoms with van der Waals surface area (Å²) in [6.07, 6.45) is 1.14. The molecule has 8 rings (SSSR count). The van der Waals surface area contributed by atoms with E-state index in [0.29, 0.717) is 11.3 Å². The fraction of sp³-hybridized carbons (Fsp3) is 0.375. The van der Waals surface area contributed by atoms with Gasteiger partial charge in [0.1, 0.15) is 5.82 Å². The molecule has 0 fully saturated rings. The summed E-state index contributed by atoms with van der Waals surface area (Å²) in [7, 11) is 0. The Morgan fingerprint density at radius 2 is 0.807 bits per heavy atom. The van der Waals surface area contributed by atoms with Gasteiger partial charge in [0.05, 0.1) is 12.6 Å². The Kier molecular flexibility index (Phi) is 31.0. The summed E-state index contributed by atoms with van der Waals surface area (Å²) in [5.41, 5.74) is 25.1. The minimum Gasteiger partial charge on any atom is -0.238 e. The van der Waals surface area contributed by atoms with Crippen LogP contribution in [0.25, 0.3) is 4.85 Å². The molecule has 0 aliphatic carbocycles. The average molecular weight is 1110 g/mol. The molecule has 83 heavy (non-hydrogen) atoms. The lowest BCUT2D eigenvalue weighted by Crippen LogP contribution is -2.16. The number of halogens is 1. The molecule has 8 aromatic carbocycles. The summed E-state index contributed by atoms with van der Waals surface area (Å²) in [5.74, 6) is -0.171. The molecule has 2 nitrogen and oxygen atoms in total. The summed E-state index contributed by atoms with van der Waals surface area (Å²) in [4.78, 5) is 3.24. The third-order valence-electron chi connectivity index (χ3n) is 14.0. The molecule has 8 aromatic rings. The number of rotatable bonds is 1. The monoisotopic (exact) mass is 1110 g/mol. The van der Waals surface area contributed by atoms with Gasteiger partial charge in [0.25, 0.3) is 0 Å². The van der Waals surface area contributed by atoms with E-state index in [2.05, 4.69) is 285 Å². The van der Waals surface area contributed by atoms with Gasteiger partial charge in [0, 0.05) is 5.56 Å². The van der Waals surface area contributed by atoms with E-state index >= 15 is 0 Å². The molecule has 0 saturated heterocycles. The van der Waals surface area contributed by atoms with E-state index in [0.717, 1.165) is 17.5 Å². The van der Waals surface area contributed by atoms with Crippen molar-refractivity contribution in [2.75, 3.05) is 0 Å². The minimum absolute atomic E-state index is 0.171. The van der Waals surface area contributed by atoms with Gasteiger partial charge in [-0.3, -0.25) is 0 Å². The van der Waals surface area contributed by atoms with Crippen LogP contribution in [0.2, 0.25) is 0 Å². The summed E-state index contributed by atoms with van der Waals surface area (Å²) >= 11 is 0. The van der Waals surface area contributed by atoms with Crippen LogP contribution in [0.1, 0.15) is 190 Å². The molecule has 0 aliphatic heterocycles. The van der Waals surface area contributed by atoms with Gasteiger partial charge in [-0.2, -0.15) is 5.26 Å². The van der Waals surface area contributed by atoms with E-state index in [4.69, 9.17) is 11.8 Å². The maximum Gasteiger partial charge on any atom is 0.188 e. The van der Waals surface area contributed by atoms with Crippen LogP contribution >= 0.6 is 0 Å². The van der Waals surface area contributed by atoms with E-state index in [-0.39, 0.29) is 27.5 Å². The lowest BCUT2D eigenvalue weighted by molar-refractivity contribution is 0.567. The first-order valence-corrected chi connectivity index (χ1v) is 29.4. The van der Waals surface area contributed by atoms with Crippen molar-refractivity contribution in [1.82, 2.24) is 0 Å². The Bertz CT molecular complexity index is 3150. The fourth-order valence-electron chi connectivity index (χ4n) is 8.40. The maximum absolute atomic E-state index is 12.1. The molecule has 0 aromatic heterocycles. The quantitative estimate of drug-likeness (QED) is 0.151. The summed E-state index contributed by atoms with van der Waals surface area (Å²) in [6, 6.07) is 59.2. The van der Waals surface area contributed by atoms with Crippen molar-refractivity contribution in [1.29, 1.82) is 5.26 Å². The van der Waals surface area contributed by atoms with Gasteiger partial charge >= 0.3 is 0 Å². The van der Waals surface area contributed by atoms with Gasteiger partial charge in [0.2, 0.25) is 0 Å². The molecule has 0 aliphatic rings. The second kappa shape index (κ2) is 35.0. The second-order valence-electron chi connectivity index (χ2n) is 26.3. The SMILES string of the molecule is CCc1ccccc1.Cc1cc(C(C)(C)C)cc(C(C)(C)C)c1.Cc1cc(C)c(C)c(C)c1.Cc1ccc(C(C)(C)C)cc1.Cc1ccc(C)c(C)c1.Cc1ccc(F)cc1.Cc1ccccc1C(C)(C)C.[C-]#[N+]c1cc(C)cc(C#N)c1. The maximum atomic E-state index is 12.1. The summed E-state index contributed by atoms with van der Waals surface area (Å²) in [6.45, 7) is 61.3. The zero-order valence-electron chi connectivity index (χ0n) is 56.1. The Balaban J connectivity index is 0.000000478. The molecule has 442 valence electrons. The first-order chi connectivity index (χ1) is 38.4. The van der Waals surface area contributed by atoms with Crippen LogP contribution in [0, 0.1) is 107 Å². The molecule has 0 unspecified atom stereocenters. The Morgan fingerprint density at radius 3 is 1.18 bits per heavy atom. The molecule has 3 heteroatoms. The molecule has 0 amide bonds. The Labute approximate surface area is 507 Å². The lowest BCUT2D eigenvalue weighted by atomic mass is 9.80. The van der Waals surface area contributed by atoms with Crippen LogP contribution in [0.15, 0.2) is 170 Å². The highest BCUT2D eigenvalue weighted by Gasteiger charge is 2.20. The molecule has 0 bridgehead atoms. The van der Waals surface area contributed by atoms with Crippen molar-refractivity contribution < 1.29 is 4.39 Å². The van der Waals surface area contributed by atoms with Crippen LogP contribution in [-0.2, 0) is 28.1 Å².